The van der Waals surface area contributed by atoms with Gasteiger partial charge in [-0.25, -0.2) is 0 Å². The average molecular weight is 278 g/mol. The van der Waals surface area contributed by atoms with Crippen molar-refractivity contribution >= 4 is 5.69 Å². The fourth-order valence-electron chi connectivity index (χ4n) is 2.49. The standard InChI is InChI=1S/C16H26N2O2/c1-13-5-6-15(16(12-13)20-11-10-19-2)18-14-4-3-8-17-9-7-14/h5-6,12,14,17-18H,3-4,7-11H2,1-2H3. The Labute approximate surface area is 121 Å². The van der Waals surface area contributed by atoms with Gasteiger partial charge in [0, 0.05) is 13.2 Å². The third-order valence-electron chi connectivity index (χ3n) is 3.62. The van der Waals surface area contributed by atoms with Crippen molar-refractivity contribution in [1.82, 2.24) is 5.32 Å². The van der Waals surface area contributed by atoms with E-state index in [4.69, 9.17) is 9.47 Å². The zero-order valence-electron chi connectivity index (χ0n) is 12.6. The number of methoxy groups -OCH3 is 1. The Hall–Kier alpha value is -1.26. The summed E-state index contributed by atoms with van der Waals surface area (Å²) in [6.45, 7) is 5.50. The van der Waals surface area contributed by atoms with Crippen molar-refractivity contribution in [2.45, 2.75) is 32.2 Å². The Morgan fingerprint density at radius 1 is 1.25 bits per heavy atom. The van der Waals surface area contributed by atoms with E-state index in [1.807, 2.05) is 0 Å². The van der Waals surface area contributed by atoms with E-state index in [0.717, 1.165) is 30.9 Å². The summed E-state index contributed by atoms with van der Waals surface area (Å²) in [6, 6.07) is 6.86. The molecule has 2 N–H and O–H groups in total. The molecule has 112 valence electrons. The molecular weight excluding hydrogens is 252 g/mol. The third-order valence-corrected chi connectivity index (χ3v) is 3.62. The summed E-state index contributed by atoms with van der Waals surface area (Å²) in [7, 11) is 1.69. The maximum Gasteiger partial charge on any atom is 0.142 e. The van der Waals surface area contributed by atoms with E-state index in [2.05, 4.69) is 35.8 Å². The second-order valence-corrected chi connectivity index (χ2v) is 5.36. The first kappa shape index (κ1) is 15.1. The Kier molecular flexibility index (Phi) is 6.15. The number of hydrogen-bond donors (Lipinski definition) is 2. The lowest BCUT2D eigenvalue weighted by Gasteiger charge is -2.20. The average Bonchev–Trinajstić information content (AvgIpc) is 2.70. The monoisotopic (exact) mass is 278 g/mol. The molecule has 0 saturated carbocycles. The van der Waals surface area contributed by atoms with Gasteiger partial charge in [-0.1, -0.05) is 6.07 Å². The van der Waals surface area contributed by atoms with Crippen LogP contribution in [0, 0.1) is 6.92 Å². The molecule has 0 aliphatic carbocycles. The van der Waals surface area contributed by atoms with Crippen LogP contribution in [-0.2, 0) is 4.74 Å². The Balaban J connectivity index is 2.01. The van der Waals surface area contributed by atoms with Crippen LogP contribution in [0.2, 0.25) is 0 Å². The van der Waals surface area contributed by atoms with Gasteiger partial charge in [-0.2, -0.15) is 0 Å². The molecular formula is C16H26N2O2. The smallest absolute Gasteiger partial charge is 0.142 e. The van der Waals surface area contributed by atoms with Crippen LogP contribution in [-0.4, -0.2) is 39.5 Å². The van der Waals surface area contributed by atoms with Gasteiger partial charge in [0.2, 0.25) is 0 Å². The van der Waals surface area contributed by atoms with Crippen LogP contribution in [0.15, 0.2) is 18.2 Å². The first-order valence-corrected chi connectivity index (χ1v) is 7.49. The van der Waals surface area contributed by atoms with Crippen molar-refractivity contribution in [3.05, 3.63) is 23.8 Å². The number of benzene rings is 1. The Morgan fingerprint density at radius 2 is 2.15 bits per heavy atom. The number of aryl methyl sites for hydroxylation is 1. The van der Waals surface area contributed by atoms with Crippen molar-refractivity contribution in [2.24, 2.45) is 0 Å². The van der Waals surface area contributed by atoms with Crippen LogP contribution in [0.5, 0.6) is 5.75 Å². The highest BCUT2D eigenvalue weighted by Crippen LogP contribution is 2.27. The molecule has 1 heterocycles. The molecule has 20 heavy (non-hydrogen) atoms. The predicted octanol–water partition coefficient (Wildman–Crippen LogP) is 2.57. The van der Waals surface area contributed by atoms with E-state index < -0.39 is 0 Å². The van der Waals surface area contributed by atoms with Gasteiger partial charge in [-0.05, 0) is 57.0 Å². The fourth-order valence-corrected chi connectivity index (χ4v) is 2.49. The summed E-state index contributed by atoms with van der Waals surface area (Å²) in [6.07, 6.45) is 3.59. The number of hydrogen-bond acceptors (Lipinski definition) is 4. The number of ether oxygens (including phenoxy) is 2. The second-order valence-electron chi connectivity index (χ2n) is 5.36. The first-order chi connectivity index (χ1) is 9.79. The maximum absolute atomic E-state index is 5.83. The van der Waals surface area contributed by atoms with Gasteiger partial charge in [-0.15, -0.1) is 0 Å². The third kappa shape index (κ3) is 4.69. The lowest BCUT2D eigenvalue weighted by atomic mass is 10.1. The molecule has 0 amide bonds. The zero-order chi connectivity index (χ0) is 14.2. The van der Waals surface area contributed by atoms with Crippen molar-refractivity contribution in [2.75, 3.05) is 38.7 Å². The highest BCUT2D eigenvalue weighted by atomic mass is 16.5. The van der Waals surface area contributed by atoms with Crippen LogP contribution < -0.4 is 15.4 Å². The molecule has 1 aromatic rings. The topological polar surface area (TPSA) is 42.5 Å². The van der Waals surface area contributed by atoms with E-state index in [-0.39, 0.29) is 0 Å². The minimum atomic E-state index is 0.525. The summed E-state index contributed by atoms with van der Waals surface area (Å²) < 4.78 is 10.9. The van der Waals surface area contributed by atoms with E-state index in [1.165, 1.54) is 18.4 Å². The Morgan fingerprint density at radius 3 is 3.00 bits per heavy atom. The van der Waals surface area contributed by atoms with Crippen LogP contribution in [0.3, 0.4) is 0 Å². The van der Waals surface area contributed by atoms with E-state index in [1.54, 1.807) is 7.11 Å². The fraction of sp³-hybridized carbons (Fsp3) is 0.625. The molecule has 1 fully saturated rings. The van der Waals surface area contributed by atoms with Gasteiger partial charge in [-0.3, -0.25) is 0 Å². The van der Waals surface area contributed by atoms with Crippen LogP contribution >= 0.6 is 0 Å². The molecule has 1 saturated heterocycles. The molecule has 1 aliphatic rings. The minimum absolute atomic E-state index is 0.525. The lowest BCUT2D eigenvalue weighted by Crippen LogP contribution is -2.22. The molecule has 1 atom stereocenters. The van der Waals surface area contributed by atoms with Crippen molar-refractivity contribution < 1.29 is 9.47 Å². The van der Waals surface area contributed by atoms with Gasteiger partial charge < -0.3 is 20.1 Å². The van der Waals surface area contributed by atoms with Gasteiger partial charge in [0.15, 0.2) is 0 Å². The van der Waals surface area contributed by atoms with Gasteiger partial charge in [0.1, 0.15) is 12.4 Å². The molecule has 0 spiro atoms. The van der Waals surface area contributed by atoms with E-state index >= 15 is 0 Å². The van der Waals surface area contributed by atoms with Gasteiger partial charge >= 0.3 is 0 Å². The molecule has 2 rings (SSSR count). The van der Waals surface area contributed by atoms with E-state index in [9.17, 15) is 0 Å². The maximum atomic E-state index is 5.83. The SMILES string of the molecule is COCCOc1cc(C)ccc1NC1CCCNCC1. The van der Waals surface area contributed by atoms with Crippen molar-refractivity contribution in [3.8, 4) is 5.75 Å². The molecule has 0 bridgehead atoms. The summed E-state index contributed by atoms with van der Waals surface area (Å²) in [4.78, 5) is 0. The molecule has 0 radical (unpaired) electrons. The lowest BCUT2D eigenvalue weighted by molar-refractivity contribution is 0.146. The van der Waals surface area contributed by atoms with Crippen molar-refractivity contribution in [3.63, 3.8) is 0 Å². The predicted molar refractivity (Wildman–Crippen MR) is 82.7 cm³/mol. The zero-order valence-corrected chi connectivity index (χ0v) is 12.6. The summed E-state index contributed by atoms with van der Waals surface area (Å²) >= 11 is 0. The number of nitrogens with one attached hydrogen (secondary N) is 2. The molecule has 1 aromatic carbocycles. The summed E-state index contributed by atoms with van der Waals surface area (Å²) in [5, 5.41) is 7.08. The van der Waals surface area contributed by atoms with Crippen LogP contribution in [0.4, 0.5) is 5.69 Å². The van der Waals surface area contributed by atoms with E-state index in [0.29, 0.717) is 19.3 Å². The number of anilines is 1. The Bertz CT molecular complexity index is 401. The summed E-state index contributed by atoms with van der Waals surface area (Å²) in [5.74, 6) is 0.930. The normalized spacial score (nSPS) is 19.4. The molecule has 1 aliphatic heterocycles. The number of rotatable bonds is 6. The molecule has 4 heteroatoms. The highest BCUT2D eigenvalue weighted by molar-refractivity contribution is 5.58. The largest absolute Gasteiger partial charge is 0.489 e. The first-order valence-electron chi connectivity index (χ1n) is 7.49. The second kappa shape index (κ2) is 8.12. The van der Waals surface area contributed by atoms with Gasteiger partial charge in [0.25, 0.3) is 0 Å². The molecule has 1 unspecified atom stereocenters. The van der Waals surface area contributed by atoms with Crippen molar-refractivity contribution in [1.29, 1.82) is 0 Å². The summed E-state index contributed by atoms with van der Waals surface area (Å²) in [5.41, 5.74) is 2.31. The van der Waals surface area contributed by atoms with Crippen LogP contribution in [0.1, 0.15) is 24.8 Å². The molecule has 0 aromatic heterocycles. The highest BCUT2D eigenvalue weighted by Gasteiger charge is 2.13. The quantitative estimate of drug-likeness (QED) is 0.785. The minimum Gasteiger partial charge on any atom is -0.489 e. The molecule has 4 nitrogen and oxygen atoms in total. The van der Waals surface area contributed by atoms with Crippen LogP contribution in [0.25, 0.3) is 0 Å². The van der Waals surface area contributed by atoms with Gasteiger partial charge in [0.05, 0.1) is 12.3 Å².